The molecule has 5 aliphatic rings. The average molecular weight is 628 g/mol. The second-order valence-electron chi connectivity index (χ2n) is 12.3. The van der Waals surface area contributed by atoms with Crippen molar-refractivity contribution in [2.24, 2.45) is 16.3 Å². The largest absolute Gasteiger partial charge is 0.366 e. The Hall–Kier alpha value is -1.63. The van der Waals surface area contributed by atoms with Gasteiger partial charge in [-0.3, -0.25) is 9.79 Å². The first-order valence-electron chi connectivity index (χ1n) is 13.2. The summed E-state index contributed by atoms with van der Waals surface area (Å²) in [6.07, 6.45) is -4.12. The van der Waals surface area contributed by atoms with Gasteiger partial charge in [0.05, 0.1) is 21.3 Å². The van der Waals surface area contributed by atoms with Gasteiger partial charge in [0.2, 0.25) is 28.8 Å². The van der Waals surface area contributed by atoms with Gasteiger partial charge in [0.15, 0.2) is 6.04 Å². The van der Waals surface area contributed by atoms with E-state index in [1.54, 1.807) is 18.2 Å². The van der Waals surface area contributed by atoms with Crippen LogP contribution in [0.2, 0.25) is 10.0 Å². The van der Waals surface area contributed by atoms with E-state index in [1.165, 1.54) is 4.31 Å². The number of hydrogen-bond acceptors (Lipinski definition) is 5. The summed E-state index contributed by atoms with van der Waals surface area (Å²) in [7, 11) is -4.04. The monoisotopic (exact) mass is 626 g/mol. The first-order chi connectivity index (χ1) is 18.6. The zero-order valence-electron chi connectivity index (χ0n) is 22.1. The molecule has 1 atom stereocenters. The molecule has 1 aromatic carbocycles. The number of rotatable bonds is 11. The summed E-state index contributed by atoms with van der Waals surface area (Å²) in [5.41, 5.74) is -1.33. The molecule has 222 valence electrons. The number of sulfonamides is 1. The molecule has 4 saturated carbocycles. The molecule has 1 heterocycles. The molecule has 0 spiro atoms. The van der Waals surface area contributed by atoms with Gasteiger partial charge in [-0.15, -0.1) is 0 Å². The lowest BCUT2D eigenvalue weighted by Crippen LogP contribution is -2.78. The van der Waals surface area contributed by atoms with Crippen LogP contribution in [0.3, 0.4) is 0 Å². The minimum atomic E-state index is -4.04. The summed E-state index contributed by atoms with van der Waals surface area (Å²) in [5.74, 6) is -1.08. The number of hydrogen-bond donors (Lipinski definition) is 2. The molecule has 1 amide bonds. The van der Waals surface area contributed by atoms with Crippen molar-refractivity contribution in [1.29, 1.82) is 0 Å². The molecule has 14 heteroatoms. The predicted octanol–water partition coefficient (Wildman–Crippen LogP) is 5.01. The van der Waals surface area contributed by atoms with E-state index in [2.05, 4.69) is 10.6 Å². The van der Waals surface area contributed by atoms with E-state index in [-0.39, 0.29) is 36.4 Å². The summed E-state index contributed by atoms with van der Waals surface area (Å²) in [6, 6.07) is 3.73. The minimum Gasteiger partial charge on any atom is -0.366 e. The van der Waals surface area contributed by atoms with E-state index in [9.17, 15) is 30.8 Å². The van der Waals surface area contributed by atoms with E-state index >= 15 is 0 Å². The number of nitrogens with one attached hydrogen (secondary N) is 2. The van der Waals surface area contributed by atoms with Crippen LogP contribution in [-0.2, 0) is 21.4 Å². The number of halogens is 6. The zero-order valence-corrected chi connectivity index (χ0v) is 24.4. The Kier molecular flexibility index (Phi) is 7.67. The highest BCUT2D eigenvalue weighted by atomic mass is 35.5. The molecule has 1 aromatic rings. The van der Waals surface area contributed by atoms with E-state index in [4.69, 9.17) is 28.2 Å². The van der Waals surface area contributed by atoms with Crippen molar-refractivity contribution in [3.63, 3.8) is 0 Å². The van der Waals surface area contributed by atoms with Crippen LogP contribution < -0.4 is 10.6 Å². The minimum absolute atomic E-state index is 0.0318. The fourth-order valence-corrected chi connectivity index (χ4v) is 8.73. The van der Waals surface area contributed by atoms with Crippen molar-refractivity contribution in [3.05, 3.63) is 33.8 Å². The molecule has 6 rings (SSSR count). The van der Waals surface area contributed by atoms with Crippen LogP contribution in [0, 0.1) is 11.3 Å². The Balaban J connectivity index is 1.30. The van der Waals surface area contributed by atoms with Crippen LogP contribution in [0.5, 0.6) is 0 Å². The fraction of sp³-hybridized carbons (Fsp3) is 0.692. The van der Waals surface area contributed by atoms with Gasteiger partial charge in [-0.1, -0.05) is 29.3 Å². The third kappa shape index (κ3) is 5.33. The summed E-state index contributed by atoms with van der Waals surface area (Å²) < 4.78 is 79.5. The van der Waals surface area contributed by atoms with Crippen LogP contribution in [-0.4, -0.2) is 66.2 Å². The van der Waals surface area contributed by atoms with Gasteiger partial charge in [-0.2, -0.15) is 4.31 Å². The van der Waals surface area contributed by atoms with Crippen LogP contribution in [0.4, 0.5) is 17.6 Å². The normalized spacial score (nSPS) is 32.3. The first kappa shape index (κ1) is 29.8. The molecule has 2 N–H and O–H groups in total. The summed E-state index contributed by atoms with van der Waals surface area (Å²) in [6.45, 7) is 3.64. The van der Waals surface area contributed by atoms with Crippen LogP contribution in [0.1, 0.15) is 57.9 Å². The van der Waals surface area contributed by atoms with Crippen molar-refractivity contribution in [3.8, 4) is 0 Å². The summed E-state index contributed by atoms with van der Waals surface area (Å²) >= 11 is 12.1. The second kappa shape index (κ2) is 10.3. The summed E-state index contributed by atoms with van der Waals surface area (Å²) in [5, 5.41) is 6.77. The Bertz CT molecular complexity index is 1300. The van der Waals surface area contributed by atoms with Gasteiger partial charge in [-0.05, 0) is 63.6 Å². The molecular formula is C26H32Cl2F4N4O3S. The maximum atomic E-state index is 13.3. The zero-order chi connectivity index (χ0) is 29.3. The average Bonchev–Trinajstić information content (AvgIpc) is 3.09. The SMILES string of the molecule is CC1(C)NC(C23CC(N(Cc4ccc(Cl)c(Cl)c4)S(=O)(=O)CCC(F)F)(C2)C3)=N[C@H]1C(=O)NC1CC(C(F)F)C1. The Morgan fingerprint density at radius 3 is 2.38 bits per heavy atom. The number of carbonyl (C=O) groups is 1. The van der Waals surface area contributed by atoms with Crippen molar-refractivity contribution in [2.45, 2.75) is 94.9 Å². The number of amides is 1. The smallest absolute Gasteiger partial charge is 0.247 e. The topological polar surface area (TPSA) is 90.9 Å². The van der Waals surface area contributed by atoms with E-state index in [0.717, 1.165) is 0 Å². The molecule has 0 unspecified atom stereocenters. The van der Waals surface area contributed by atoms with Crippen molar-refractivity contribution in [2.75, 3.05) is 5.75 Å². The van der Waals surface area contributed by atoms with Crippen LogP contribution in [0.15, 0.2) is 23.2 Å². The Morgan fingerprint density at radius 1 is 1.15 bits per heavy atom. The molecule has 2 bridgehead atoms. The number of carbonyl (C=O) groups excluding carboxylic acids is 1. The molecule has 0 radical (unpaired) electrons. The molecule has 40 heavy (non-hydrogen) atoms. The highest BCUT2D eigenvalue weighted by Crippen LogP contribution is 2.71. The predicted molar refractivity (Wildman–Crippen MR) is 145 cm³/mol. The maximum absolute atomic E-state index is 13.3. The van der Waals surface area contributed by atoms with Gasteiger partial charge >= 0.3 is 0 Å². The fourth-order valence-electron chi connectivity index (χ4n) is 6.58. The number of aliphatic imine (C=N–C) groups is 1. The second-order valence-corrected chi connectivity index (χ2v) is 15.1. The maximum Gasteiger partial charge on any atom is 0.247 e. The highest BCUT2D eigenvalue weighted by Gasteiger charge is 2.75. The van der Waals surface area contributed by atoms with Crippen molar-refractivity contribution >= 4 is 45.0 Å². The third-order valence-corrected chi connectivity index (χ3v) is 11.5. The lowest BCUT2D eigenvalue weighted by molar-refractivity contribution is -0.151. The van der Waals surface area contributed by atoms with Gasteiger partial charge in [-0.25, -0.2) is 26.0 Å². The molecule has 0 saturated heterocycles. The van der Waals surface area contributed by atoms with E-state index < -0.39 is 63.5 Å². The number of benzene rings is 1. The van der Waals surface area contributed by atoms with Gasteiger partial charge in [0.25, 0.3) is 0 Å². The lowest BCUT2D eigenvalue weighted by atomic mass is 9.38. The van der Waals surface area contributed by atoms with E-state index in [1.807, 2.05) is 13.8 Å². The van der Waals surface area contributed by atoms with Gasteiger partial charge in [0, 0.05) is 35.9 Å². The standard InChI is InChI=1S/C26H32Cl2F4N4O3S/c1-24(2)20(22(37)33-16-8-15(9-16)21(31)32)34-23(35-24)25-11-26(12-25,13-25)36(40(38,39)6-5-19(29)30)10-14-3-4-17(27)18(28)7-14/h3-4,7,15-16,19-21H,5-6,8-13H2,1-2H3,(H,33,37)(H,34,35)/t15?,16?,20-,25?,26?/m0/s1. The molecule has 7 nitrogen and oxygen atoms in total. The molecule has 4 aliphatic carbocycles. The van der Waals surface area contributed by atoms with Gasteiger partial charge < -0.3 is 10.6 Å². The molecular weight excluding hydrogens is 595 g/mol. The summed E-state index contributed by atoms with van der Waals surface area (Å²) in [4.78, 5) is 17.7. The number of alkyl halides is 4. The van der Waals surface area contributed by atoms with Crippen LogP contribution >= 0.6 is 23.2 Å². The number of amidine groups is 1. The Labute approximate surface area is 241 Å². The van der Waals surface area contributed by atoms with E-state index in [0.29, 0.717) is 35.7 Å². The van der Waals surface area contributed by atoms with Gasteiger partial charge in [0.1, 0.15) is 5.84 Å². The first-order valence-corrected chi connectivity index (χ1v) is 15.6. The molecule has 4 fully saturated rings. The van der Waals surface area contributed by atoms with Crippen molar-refractivity contribution in [1.82, 2.24) is 14.9 Å². The van der Waals surface area contributed by atoms with Crippen molar-refractivity contribution < 1.29 is 30.8 Å². The third-order valence-electron chi connectivity index (χ3n) is 8.78. The number of nitrogens with zero attached hydrogens (tertiary/aromatic N) is 2. The van der Waals surface area contributed by atoms with Crippen LogP contribution in [0.25, 0.3) is 0 Å². The highest BCUT2D eigenvalue weighted by molar-refractivity contribution is 7.89. The molecule has 0 aromatic heterocycles. The molecule has 1 aliphatic heterocycles. The Morgan fingerprint density at radius 2 is 1.80 bits per heavy atom. The lowest BCUT2D eigenvalue weighted by Gasteiger charge is -2.73. The quantitative estimate of drug-likeness (QED) is 0.338.